The molecule has 0 spiro atoms. The van der Waals surface area contributed by atoms with Gasteiger partial charge in [0.1, 0.15) is 0 Å². The molecule has 0 aliphatic heterocycles. The van der Waals surface area contributed by atoms with E-state index < -0.39 is 0 Å². The Morgan fingerprint density at radius 2 is 0.604 bits per heavy atom. The summed E-state index contributed by atoms with van der Waals surface area (Å²) in [5.74, 6) is 1.94. The van der Waals surface area contributed by atoms with Crippen molar-refractivity contribution in [2.75, 3.05) is 0 Å². The molecule has 3 heteroatoms. The van der Waals surface area contributed by atoms with Gasteiger partial charge in [-0.1, -0.05) is 170 Å². The second-order valence-corrected chi connectivity index (χ2v) is 12.1. The zero-order chi connectivity index (χ0) is 31.9. The maximum absolute atomic E-state index is 5.08. The molecule has 0 saturated heterocycles. The van der Waals surface area contributed by atoms with Crippen molar-refractivity contribution in [1.82, 2.24) is 15.0 Å². The van der Waals surface area contributed by atoms with Gasteiger partial charge in [-0.15, -0.1) is 0 Å². The molecule has 0 unspecified atom stereocenters. The first-order valence-electron chi connectivity index (χ1n) is 16.2. The van der Waals surface area contributed by atoms with Gasteiger partial charge < -0.3 is 0 Å². The third-order valence-corrected chi connectivity index (χ3v) is 9.14. The monoisotopic (exact) mass is 611 g/mol. The molecule has 0 saturated carbocycles. The number of aromatic nitrogens is 3. The zero-order valence-corrected chi connectivity index (χ0v) is 26.1. The van der Waals surface area contributed by atoms with Gasteiger partial charge in [0.15, 0.2) is 17.5 Å². The molecule has 9 rings (SSSR count). The van der Waals surface area contributed by atoms with Crippen molar-refractivity contribution in [1.29, 1.82) is 0 Å². The lowest BCUT2D eigenvalue weighted by molar-refractivity contribution is 1.07. The van der Waals surface area contributed by atoms with Crippen molar-refractivity contribution in [2.24, 2.45) is 0 Å². The second kappa shape index (κ2) is 11.7. The molecule has 1 aromatic heterocycles. The molecule has 0 fully saturated rings. The molecular weight excluding hydrogens is 583 g/mol. The first-order valence-corrected chi connectivity index (χ1v) is 16.2. The third-order valence-electron chi connectivity index (χ3n) is 9.14. The molecule has 3 nitrogen and oxygen atoms in total. The zero-order valence-electron chi connectivity index (χ0n) is 26.1. The molecule has 224 valence electrons. The highest BCUT2D eigenvalue weighted by molar-refractivity contribution is 6.17. The van der Waals surface area contributed by atoms with Crippen molar-refractivity contribution in [3.63, 3.8) is 0 Å². The Labute approximate surface area is 278 Å². The largest absolute Gasteiger partial charge is 0.208 e. The van der Waals surface area contributed by atoms with Crippen LogP contribution in [0.4, 0.5) is 0 Å². The van der Waals surface area contributed by atoms with E-state index in [1.54, 1.807) is 0 Å². The van der Waals surface area contributed by atoms with Crippen LogP contribution in [0.25, 0.3) is 88.7 Å². The van der Waals surface area contributed by atoms with Gasteiger partial charge in [-0.25, -0.2) is 15.0 Å². The lowest BCUT2D eigenvalue weighted by atomic mass is 9.96. The fraction of sp³-hybridized carbons (Fsp3) is 0. The van der Waals surface area contributed by atoms with Crippen LogP contribution in [0.1, 0.15) is 0 Å². The van der Waals surface area contributed by atoms with Gasteiger partial charge in [-0.3, -0.25) is 0 Å². The molecule has 0 aliphatic rings. The first-order chi connectivity index (χ1) is 23.8. The maximum atomic E-state index is 5.08. The minimum absolute atomic E-state index is 0.644. The summed E-state index contributed by atoms with van der Waals surface area (Å²) in [6.07, 6.45) is 0. The van der Waals surface area contributed by atoms with Crippen molar-refractivity contribution in [3.8, 4) is 56.4 Å². The van der Waals surface area contributed by atoms with Crippen LogP contribution < -0.4 is 0 Å². The summed E-state index contributed by atoms with van der Waals surface area (Å²) in [7, 11) is 0. The Bertz CT molecular complexity index is 2470. The van der Waals surface area contributed by atoms with Gasteiger partial charge >= 0.3 is 0 Å². The number of rotatable bonds is 5. The van der Waals surface area contributed by atoms with Gasteiger partial charge in [0.2, 0.25) is 0 Å². The topological polar surface area (TPSA) is 38.7 Å². The molecular formula is C45H29N3. The molecule has 9 aromatic rings. The van der Waals surface area contributed by atoms with Crippen LogP contribution >= 0.6 is 0 Å². The fourth-order valence-corrected chi connectivity index (χ4v) is 6.61. The number of nitrogens with zero attached hydrogens (tertiary/aromatic N) is 3. The van der Waals surface area contributed by atoms with E-state index in [2.05, 4.69) is 164 Å². The molecule has 1 heterocycles. The van der Waals surface area contributed by atoms with E-state index in [9.17, 15) is 0 Å². The number of hydrogen-bond acceptors (Lipinski definition) is 3. The van der Waals surface area contributed by atoms with Crippen LogP contribution in [0.15, 0.2) is 176 Å². The van der Waals surface area contributed by atoms with Gasteiger partial charge in [0.05, 0.1) is 0 Å². The quantitative estimate of drug-likeness (QED) is 0.182. The standard InChI is InChI=1S/C45H29N3/c1-3-9-30(10-4-1)32-15-20-36(21-16-32)43-46-44(37-22-17-33(18-23-37)31-11-5-2-6-12-31)48-45(47-43)38-24-19-35-26-27-40-39-14-8-7-13-34(39)25-28-41(40)42(35)29-38/h1-29H. The molecule has 0 amide bonds. The molecule has 48 heavy (non-hydrogen) atoms. The van der Waals surface area contributed by atoms with E-state index in [4.69, 9.17) is 15.0 Å². The highest BCUT2D eigenvalue weighted by Gasteiger charge is 2.14. The maximum Gasteiger partial charge on any atom is 0.164 e. The third kappa shape index (κ3) is 5.08. The summed E-state index contributed by atoms with van der Waals surface area (Å²) in [4.78, 5) is 15.2. The van der Waals surface area contributed by atoms with Crippen LogP contribution in [-0.2, 0) is 0 Å². The van der Waals surface area contributed by atoms with E-state index in [1.807, 2.05) is 12.1 Å². The van der Waals surface area contributed by atoms with E-state index in [0.29, 0.717) is 17.5 Å². The first kappa shape index (κ1) is 27.8. The van der Waals surface area contributed by atoms with E-state index in [-0.39, 0.29) is 0 Å². The fourth-order valence-electron chi connectivity index (χ4n) is 6.61. The summed E-state index contributed by atoms with van der Waals surface area (Å²) in [6, 6.07) is 61.7. The van der Waals surface area contributed by atoms with Crippen LogP contribution in [0.5, 0.6) is 0 Å². The highest BCUT2D eigenvalue weighted by atomic mass is 15.0. The molecule has 0 radical (unpaired) electrons. The summed E-state index contributed by atoms with van der Waals surface area (Å²) in [5.41, 5.74) is 7.50. The predicted octanol–water partition coefficient (Wildman–Crippen LogP) is 11.7. The number of benzene rings is 8. The Balaban J connectivity index is 1.19. The lowest BCUT2D eigenvalue weighted by Crippen LogP contribution is -2.00. The predicted molar refractivity (Wildman–Crippen MR) is 200 cm³/mol. The minimum Gasteiger partial charge on any atom is -0.208 e. The normalized spacial score (nSPS) is 11.3. The van der Waals surface area contributed by atoms with Crippen LogP contribution in [0, 0.1) is 0 Å². The average molecular weight is 612 g/mol. The van der Waals surface area contributed by atoms with Crippen molar-refractivity contribution < 1.29 is 0 Å². The number of hydrogen-bond donors (Lipinski definition) is 0. The number of fused-ring (bicyclic) bond motifs is 5. The molecule has 0 atom stereocenters. The van der Waals surface area contributed by atoms with Crippen molar-refractivity contribution in [3.05, 3.63) is 176 Å². The van der Waals surface area contributed by atoms with Crippen molar-refractivity contribution in [2.45, 2.75) is 0 Å². The van der Waals surface area contributed by atoms with Gasteiger partial charge in [0.25, 0.3) is 0 Å². The molecule has 0 aliphatic carbocycles. The van der Waals surface area contributed by atoms with Gasteiger partial charge in [0, 0.05) is 16.7 Å². The average Bonchev–Trinajstić information content (AvgIpc) is 3.18. The minimum atomic E-state index is 0.644. The molecule has 0 N–H and O–H groups in total. The summed E-state index contributed by atoms with van der Waals surface area (Å²) < 4.78 is 0. The SMILES string of the molecule is c1ccc(-c2ccc(-c3nc(-c4ccc(-c5ccccc5)cc4)nc(-c4ccc5ccc6c7ccccc7ccc6c5c4)n3)cc2)cc1. The summed E-state index contributed by atoms with van der Waals surface area (Å²) in [5, 5.41) is 7.32. The second-order valence-electron chi connectivity index (χ2n) is 12.1. The Hall–Kier alpha value is -6.45. The molecule has 8 aromatic carbocycles. The summed E-state index contributed by atoms with van der Waals surface area (Å²) in [6.45, 7) is 0. The lowest BCUT2D eigenvalue weighted by Gasteiger charge is -2.11. The van der Waals surface area contributed by atoms with Gasteiger partial charge in [-0.05, 0) is 60.6 Å². The van der Waals surface area contributed by atoms with E-state index in [0.717, 1.165) is 27.8 Å². The highest BCUT2D eigenvalue weighted by Crippen LogP contribution is 2.34. The van der Waals surface area contributed by atoms with Gasteiger partial charge in [-0.2, -0.15) is 0 Å². The van der Waals surface area contributed by atoms with Crippen molar-refractivity contribution >= 4 is 32.3 Å². The Morgan fingerprint density at radius 1 is 0.229 bits per heavy atom. The summed E-state index contributed by atoms with van der Waals surface area (Å²) >= 11 is 0. The van der Waals surface area contributed by atoms with Crippen LogP contribution in [0.2, 0.25) is 0 Å². The van der Waals surface area contributed by atoms with E-state index in [1.165, 1.54) is 43.4 Å². The Morgan fingerprint density at radius 3 is 1.17 bits per heavy atom. The van der Waals surface area contributed by atoms with Crippen LogP contribution in [-0.4, -0.2) is 15.0 Å². The molecule has 0 bridgehead atoms. The van der Waals surface area contributed by atoms with Crippen LogP contribution in [0.3, 0.4) is 0 Å². The Kier molecular flexibility index (Phi) is 6.80. The smallest absolute Gasteiger partial charge is 0.164 e. The van der Waals surface area contributed by atoms with E-state index >= 15 is 0 Å².